The monoisotopic (exact) mass is 246 g/mol. The van der Waals surface area contributed by atoms with Gasteiger partial charge in [0.15, 0.2) is 0 Å². The largest absolute Gasteiger partial charge is 0.396 e. The Labute approximate surface area is 110 Å². The van der Waals surface area contributed by atoms with Crippen LogP contribution in [-0.4, -0.2) is 18.3 Å². The minimum Gasteiger partial charge on any atom is -0.396 e. The molecule has 0 heterocycles. The first kappa shape index (κ1) is 14.7. The third-order valence-corrected chi connectivity index (χ3v) is 3.01. The van der Waals surface area contributed by atoms with Crippen LogP contribution in [0.25, 0.3) is 0 Å². The summed E-state index contributed by atoms with van der Waals surface area (Å²) < 4.78 is 5.73. The van der Waals surface area contributed by atoms with Crippen molar-refractivity contribution in [1.29, 1.82) is 0 Å². The SMILES string of the molecule is C=CCC(CO)(CC=C)COCc1ccccc1. The van der Waals surface area contributed by atoms with Gasteiger partial charge in [-0.25, -0.2) is 0 Å². The highest BCUT2D eigenvalue weighted by atomic mass is 16.5. The van der Waals surface area contributed by atoms with Crippen molar-refractivity contribution in [1.82, 2.24) is 0 Å². The maximum atomic E-state index is 9.56. The Hall–Kier alpha value is -1.38. The van der Waals surface area contributed by atoms with E-state index in [0.717, 1.165) is 18.4 Å². The Morgan fingerprint density at radius 1 is 1.11 bits per heavy atom. The second-order valence-electron chi connectivity index (χ2n) is 4.62. The molecule has 0 atom stereocenters. The second-order valence-corrected chi connectivity index (χ2v) is 4.62. The predicted molar refractivity (Wildman–Crippen MR) is 75.2 cm³/mol. The van der Waals surface area contributed by atoms with Crippen LogP contribution in [0.3, 0.4) is 0 Å². The number of hydrogen-bond acceptors (Lipinski definition) is 2. The molecule has 1 N–H and O–H groups in total. The van der Waals surface area contributed by atoms with Crippen LogP contribution in [0.15, 0.2) is 55.6 Å². The standard InChI is InChI=1S/C16H22O2/c1-3-10-16(13-17,11-4-2)14-18-12-15-8-6-5-7-9-15/h3-9,17H,1-2,10-14H2. The molecule has 0 aromatic heterocycles. The molecular formula is C16H22O2. The van der Waals surface area contributed by atoms with Crippen LogP contribution in [0.2, 0.25) is 0 Å². The molecule has 1 aromatic rings. The summed E-state index contributed by atoms with van der Waals surface area (Å²) >= 11 is 0. The predicted octanol–water partition coefficient (Wildman–Crippen LogP) is 3.33. The molecule has 98 valence electrons. The van der Waals surface area contributed by atoms with E-state index in [1.54, 1.807) is 0 Å². The molecule has 0 fully saturated rings. The summed E-state index contributed by atoms with van der Waals surface area (Å²) in [6, 6.07) is 10.0. The van der Waals surface area contributed by atoms with E-state index < -0.39 is 0 Å². The summed E-state index contributed by atoms with van der Waals surface area (Å²) in [5.41, 5.74) is 0.861. The van der Waals surface area contributed by atoms with E-state index in [4.69, 9.17) is 4.74 Å². The Balaban J connectivity index is 2.51. The first-order valence-electron chi connectivity index (χ1n) is 6.21. The quantitative estimate of drug-likeness (QED) is 0.677. The Bertz CT molecular complexity index is 347. The van der Waals surface area contributed by atoms with Crippen LogP contribution in [0.5, 0.6) is 0 Å². The molecule has 0 aliphatic heterocycles. The minimum atomic E-state index is -0.279. The number of hydrogen-bond donors (Lipinski definition) is 1. The average molecular weight is 246 g/mol. The maximum absolute atomic E-state index is 9.56. The van der Waals surface area contributed by atoms with E-state index in [-0.39, 0.29) is 12.0 Å². The van der Waals surface area contributed by atoms with E-state index in [1.807, 2.05) is 42.5 Å². The van der Waals surface area contributed by atoms with Crippen molar-refractivity contribution >= 4 is 0 Å². The van der Waals surface area contributed by atoms with E-state index in [9.17, 15) is 5.11 Å². The summed E-state index contributed by atoms with van der Waals surface area (Å²) in [6.07, 6.45) is 5.10. The molecule has 0 saturated carbocycles. The van der Waals surface area contributed by atoms with Crippen molar-refractivity contribution < 1.29 is 9.84 Å². The zero-order valence-electron chi connectivity index (χ0n) is 10.8. The summed E-state index contributed by atoms with van der Waals surface area (Å²) in [5, 5.41) is 9.56. The van der Waals surface area contributed by atoms with Gasteiger partial charge in [-0.15, -0.1) is 13.2 Å². The Kier molecular flexibility index (Phi) is 6.40. The Morgan fingerprint density at radius 2 is 1.72 bits per heavy atom. The molecule has 0 radical (unpaired) electrons. The lowest BCUT2D eigenvalue weighted by Gasteiger charge is -2.29. The van der Waals surface area contributed by atoms with Crippen LogP contribution in [-0.2, 0) is 11.3 Å². The highest BCUT2D eigenvalue weighted by molar-refractivity contribution is 5.13. The van der Waals surface area contributed by atoms with Gasteiger partial charge in [-0.05, 0) is 18.4 Å². The molecule has 0 saturated heterocycles. The van der Waals surface area contributed by atoms with E-state index >= 15 is 0 Å². The zero-order chi connectivity index (χ0) is 13.3. The van der Waals surface area contributed by atoms with Gasteiger partial charge in [-0.1, -0.05) is 42.5 Å². The van der Waals surface area contributed by atoms with Crippen molar-refractivity contribution in [2.75, 3.05) is 13.2 Å². The molecule has 0 amide bonds. The van der Waals surface area contributed by atoms with Crippen molar-refractivity contribution in [3.8, 4) is 0 Å². The Morgan fingerprint density at radius 3 is 2.22 bits per heavy atom. The van der Waals surface area contributed by atoms with Gasteiger partial charge in [-0.2, -0.15) is 0 Å². The van der Waals surface area contributed by atoms with Gasteiger partial charge in [0.05, 0.1) is 19.8 Å². The lowest BCUT2D eigenvalue weighted by atomic mass is 9.83. The topological polar surface area (TPSA) is 29.5 Å². The molecule has 1 rings (SSSR count). The van der Waals surface area contributed by atoms with Crippen molar-refractivity contribution in [2.24, 2.45) is 5.41 Å². The number of aliphatic hydroxyl groups excluding tert-OH is 1. The van der Waals surface area contributed by atoms with E-state index in [0.29, 0.717) is 13.2 Å². The van der Waals surface area contributed by atoms with Gasteiger partial charge in [0, 0.05) is 5.41 Å². The molecule has 0 aliphatic rings. The molecule has 18 heavy (non-hydrogen) atoms. The average Bonchev–Trinajstić information content (AvgIpc) is 2.40. The lowest BCUT2D eigenvalue weighted by molar-refractivity contribution is 0.00183. The van der Waals surface area contributed by atoms with Crippen molar-refractivity contribution in [3.63, 3.8) is 0 Å². The van der Waals surface area contributed by atoms with Gasteiger partial charge in [0.25, 0.3) is 0 Å². The van der Waals surface area contributed by atoms with Crippen LogP contribution < -0.4 is 0 Å². The van der Waals surface area contributed by atoms with Crippen LogP contribution in [0, 0.1) is 5.41 Å². The maximum Gasteiger partial charge on any atom is 0.0717 e. The summed E-state index contributed by atoms with van der Waals surface area (Å²) in [6.45, 7) is 8.64. The number of benzene rings is 1. The van der Waals surface area contributed by atoms with Gasteiger partial charge >= 0.3 is 0 Å². The summed E-state index contributed by atoms with van der Waals surface area (Å²) in [4.78, 5) is 0. The van der Waals surface area contributed by atoms with Crippen molar-refractivity contribution in [2.45, 2.75) is 19.4 Å². The molecule has 0 aliphatic carbocycles. The van der Waals surface area contributed by atoms with Gasteiger partial charge in [-0.3, -0.25) is 0 Å². The number of rotatable bonds is 9. The highest BCUT2D eigenvalue weighted by Crippen LogP contribution is 2.28. The van der Waals surface area contributed by atoms with Crippen LogP contribution in [0.1, 0.15) is 18.4 Å². The smallest absolute Gasteiger partial charge is 0.0717 e. The van der Waals surface area contributed by atoms with Gasteiger partial charge in [0.1, 0.15) is 0 Å². The summed E-state index contributed by atoms with van der Waals surface area (Å²) in [7, 11) is 0. The molecule has 0 unspecified atom stereocenters. The fourth-order valence-corrected chi connectivity index (χ4v) is 1.95. The molecule has 2 nitrogen and oxygen atoms in total. The van der Waals surface area contributed by atoms with Crippen molar-refractivity contribution in [3.05, 3.63) is 61.2 Å². The number of aliphatic hydroxyl groups is 1. The normalized spacial score (nSPS) is 11.2. The number of allylic oxidation sites excluding steroid dienone is 2. The van der Waals surface area contributed by atoms with Gasteiger partial charge < -0.3 is 9.84 Å². The first-order valence-corrected chi connectivity index (χ1v) is 6.21. The second kappa shape index (κ2) is 7.85. The van der Waals surface area contributed by atoms with E-state index in [1.165, 1.54) is 0 Å². The molecule has 0 bridgehead atoms. The van der Waals surface area contributed by atoms with Crippen LogP contribution in [0.4, 0.5) is 0 Å². The third-order valence-electron chi connectivity index (χ3n) is 3.01. The zero-order valence-corrected chi connectivity index (χ0v) is 10.8. The fraction of sp³-hybridized carbons (Fsp3) is 0.375. The highest BCUT2D eigenvalue weighted by Gasteiger charge is 2.26. The van der Waals surface area contributed by atoms with Gasteiger partial charge in [0.2, 0.25) is 0 Å². The minimum absolute atomic E-state index is 0.0832. The van der Waals surface area contributed by atoms with Crippen LogP contribution >= 0.6 is 0 Å². The van der Waals surface area contributed by atoms with E-state index in [2.05, 4.69) is 13.2 Å². The molecule has 2 heteroatoms. The lowest BCUT2D eigenvalue weighted by Crippen LogP contribution is -2.30. The molecule has 0 spiro atoms. The summed E-state index contributed by atoms with van der Waals surface area (Å²) in [5.74, 6) is 0. The molecule has 1 aromatic carbocycles. The first-order chi connectivity index (χ1) is 8.76. The third kappa shape index (κ3) is 4.47. The number of ether oxygens (including phenoxy) is 1. The fourth-order valence-electron chi connectivity index (χ4n) is 1.95. The molecular weight excluding hydrogens is 224 g/mol.